The third-order valence-electron chi connectivity index (χ3n) is 0.781. The summed E-state index contributed by atoms with van der Waals surface area (Å²) in [7, 11) is 0. The van der Waals surface area contributed by atoms with Crippen LogP contribution in [0.15, 0.2) is 11.6 Å². The van der Waals surface area contributed by atoms with Crippen molar-refractivity contribution in [1.29, 1.82) is 0 Å². The molecular weight excluding hydrogens is 146 g/mol. The Morgan fingerprint density at radius 3 is 2.88 bits per heavy atom. The van der Waals surface area contributed by atoms with Crippen LogP contribution in [0.1, 0.15) is 0 Å². The predicted octanol–water partition coefficient (Wildman–Crippen LogP) is 1.19. The molecule has 2 nitrogen and oxygen atoms in total. The summed E-state index contributed by atoms with van der Waals surface area (Å²) in [4.78, 5) is 10.0. The molecule has 1 aliphatic rings. The Bertz CT molecular complexity index is 127. The van der Waals surface area contributed by atoms with E-state index in [2.05, 4.69) is 0 Å². The van der Waals surface area contributed by atoms with Crippen LogP contribution < -0.4 is 0 Å². The molecule has 1 rings (SSSR count). The summed E-state index contributed by atoms with van der Waals surface area (Å²) in [6.45, 7) is 0. The quantitative estimate of drug-likeness (QED) is 0.413. The molecule has 0 aliphatic carbocycles. The smallest absolute Gasteiger partial charge is 0.154 e. The Labute approximate surface area is 56.6 Å². The summed E-state index contributed by atoms with van der Waals surface area (Å²) in [5.41, 5.74) is 0. The van der Waals surface area contributed by atoms with Gasteiger partial charge >= 0.3 is 0 Å². The zero-order valence-corrected chi connectivity index (χ0v) is 5.52. The second kappa shape index (κ2) is 2.42. The van der Waals surface area contributed by atoms with Gasteiger partial charge < -0.3 is 4.79 Å². The molecule has 0 aromatic heterocycles. The van der Waals surface area contributed by atoms with Crippen molar-refractivity contribution in [2.24, 2.45) is 0 Å². The molecule has 0 amide bonds. The van der Waals surface area contributed by atoms with Gasteiger partial charge in [0.15, 0.2) is 6.29 Å². The van der Waals surface area contributed by atoms with Gasteiger partial charge in [0.25, 0.3) is 0 Å². The van der Waals surface area contributed by atoms with Gasteiger partial charge in [-0.05, 0) is 5.41 Å². The van der Waals surface area contributed by atoms with E-state index in [9.17, 15) is 4.79 Å². The van der Waals surface area contributed by atoms with Gasteiger partial charge in [0, 0.05) is 18.0 Å². The van der Waals surface area contributed by atoms with Crippen LogP contribution >= 0.6 is 23.5 Å². The average Bonchev–Trinajstić information content (AvgIpc) is 2.14. The topological polar surface area (TPSA) is 20.3 Å². The molecule has 0 radical (unpaired) electrons. The van der Waals surface area contributed by atoms with Crippen LogP contribution in [0.4, 0.5) is 0 Å². The zero-order chi connectivity index (χ0) is 5.98. The molecule has 0 N–H and O–H groups in total. The first-order valence-corrected chi connectivity index (χ1v) is 3.34. The highest BCUT2D eigenvalue weighted by Gasteiger charge is 2.15. The molecule has 4 heteroatoms. The van der Waals surface area contributed by atoms with Crippen LogP contribution in [0, 0.1) is 0 Å². The minimum absolute atomic E-state index is 0.211. The third kappa shape index (κ3) is 0.980. The standard InChI is InChI=1S/C4H4ClNOS/c5-6-1-2-8-4(6)3-7/h1-4H. The number of carbonyl (C=O) groups excluding carboxylic acids is 1. The van der Waals surface area contributed by atoms with E-state index < -0.39 is 0 Å². The molecule has 0 bridgehead atoms. The van der Waals surface area contributed by atoms with Gasteiger partial charge in [-0.25, -0.2) is 0 Å². The van der Waals surface area contributed by atoms with Crippen LogP contribution in [-0.4, -0.2) is 16.1 Å². The average molecular weight is 150 g/mol. The number of hydrogen-bond donors (Lipinski definition) is 0. The summed E-state index contributed by atoms with van der Waals surface area (Å²) in [6, 6.07) is 0. The first-order chi connectivity index (χ1) is 3.84. The number of thioether (sulfide) groups is 1. The van der Waals surface area contributed by atoms with Gasteiger partial charge in [-0.15, -0.1) is 0 Å². The van der Waals surface area contributed by atoms with E-state index in [-0.39, 0.29) is 5.37 Å². The van der Waals surface area contributed by atoms with Gasteiger partial charge in [-0.2, -0.15) is 0 Å². The van der Waals surface area contributed by atoms with E-state index in [1.807, 2.05) is 0 Å². The predicted molar refractivity (Wildman–Crippen MR) is 34.3 cm³/mol. The monoisotopic (exact) mass is 149 g/mol. The van der Waals surface area contributed by atoms with Gasteiger partial charge in [0.1, 0.15) is 5.37 Å². The number of nitrogens with zero attached hydrogens (tertiary/aromatic N) is 1. The molecule has 1 unspecified atom stereocenters. The lowest BCUT2D eigenvalue weighted by Crippen LogP contribution is -2.14. The van der Waals surface area contributed by atoms with Crippen molar-refractivity contribution in [1.82, 2.24) is 4.42 Å². The third-order valence-corrected chi connectivity index (χ3v) is 2.12. The van der Waals surface area contributed by atoms with E-state index in [1.54, 1.807) is 11.6 Å². The molecule has 1 heterocycles. The van der Waals surface area contributed by atoms with Crippen molar-refractivity contribution in [3.63, 3.8) is 0 Å². The molecule has 0 spiro atoms. The van der Waals surface area contributed by atoms with Gasteiger partial charge in [-0.3, -0.25) is 4.42 Å². The summed E-state index contributed by atoms with van der Waals surface area (Å²) < 4.78 is 1.34. The fraction of sp³-hybridized carbons (Fsp3) is 0.250. The van der Waals surface area contributed by atoms with E-state index in [0.29, 0.717) is 0 Å². The fourth-order valence-electron chi connectivity index (χ4n) is 0.407. The lowest BCUT2D eigenvalue weighted by molar-refractivity contribution is -0.108. The minimum Gasteiger partial charge on any atom is -0.300 e. The van der Waals surface area contributed by atoms with Gasteiger partial charge in [0.05, 0.1) is 0 Å². The maximum Gasteiger partial charge on any atom is 0.154 e. The van der Waals surface area contributed by atoms with E-state index in [0.717, 1.165) is 6.29 Å². The van der Waals surface area contributed by atoms with Crippen LogP contribution in [0.3, 0.4) is 0 Å². The molecule has 44 valence electrons. The molecule has 1 aliphatic heterocycles. The number of halogens is 1. The maximum atomic E-state index is 10.0. The summed E-state index contributed by atoms with van der Waals surface area (Å²) >= 11 is 6.87. The van der Waals surface area contributed by atoms with Crippen LogP contribution in [0.2, 0.25) is 0 Å². The van der Waals surface area contributed by atoms with Crippen LogP contribution in [0.25, 0.3) is 0 Å². The summed E-state index contributed by atoms with van der Waals surface area (Å²) in [5.74, 6) is 0. The number of carbonyl (C=O) groups is 1. The molecule has 0 fully saturated rings. The second-order valence-corrected chi connectivity index (χ2v) is 2.71. The molecule has 0 saturated carbocycles. The first-order valence-electron chi connectivity index (χ1n) is 2.06. The van der Waals surface area contributed by atoms with E-state index >= 15 is 0 Å². The minimum atomic E-state index is -0.211. The maximum absolute atomic E-state index is 10.0. The molecule has 1 atom stereocenters. The highest BCUT2D eigenvalue weighted by atomic mass is 35.5. The van der Waals surface area contributed by atoms with E-state index in [1.165, 1.54) is 16.2 Å². The van der Waals surface area contributed by atoms with Crippen LogP contribution in [0.5, 0.6) is 0 Å². The zero-order valence-electron chi connectivity index (χ0n) is 3.95. The molecule has 8 heavy (non-hydrogen) atoms. The normalized spacial score (nSPS) is 26.6. The summed E-state index contributed by atoms with van der Waals surface area (Å²) in [6.07, 6.45) is 2.46. The van der Waals surface area contributed by atoms with Crippen molar-refractivity contribution < 1.29 is 4.79 Å². The van der Waals surface area contributed by atoms with Crippen molar-refractivity contribution in [2.45, 2.75) is 5.37 Å². The second-order valence-electron chi connectivity index (χ2n) is 1.29. The molecule has 0 aromatic rings. The number of rotatable bonds is 1. The van der Waals surface area contributed by atoms with Crippen molar-refractivity contribution >= 4 is 29.8 Å². The van der Waals surface area contributed by atoms with Gasteiger partial charge in [-0.1, -0.05) is 11.8 Å². The van der Waals surface area contributed by atoms with Gasteiger partial charge in [0.2, 0.25) is 0 Å². The highest BCUT2D eigenvalue weighted by molar-refractivity contribution is 8.03. The Hall–Kier alpha value is -0.150. The van der Waals surface area contributed by atoms with Crippen molar-refractivity contribution in [2.75, 3.05) is 0 Å². The van der Waals surface area contributed by atoms with E-state index in [4.69, 9.17) is 11.8 Å². The van der Waals surface area contributed by atoms with Crippen LogP contribution in [-0.2, 0) is 4.79 Å². The molecule has 0 aromatic carbocycles. The highest BCUT2D eigenvalue weighted by Crippen LogP contribution is 2.24. The Morgan fingerprint density at radius 1 is 1.88 bits per heavy atom. The number of aldehydes is 1. The van der Waals surface area contributed by atoms with Crippen molar-refractivity contribution in [3.05, 3.63) is 11.6 Å². The summed E-state index contributed by atoms with van der Waals surface area (Å²) in [5, 5.41) is 1.57. The Balaban J connectivity index is 2.50. The Morgan fingerprint density at radius 2 is 2.62 bits per heavy atom. The SMILES string of the molecule is O=CC1SC=CN1Cl. The number of hydrogen-bond acceptors (Lipinski definition) is 3. The largest absolute Gasteiger partial charge is 0.300 e. The Kier molecular flexibility index (Phi) is 1.81. The molecule has 0 saturated heterocycles. The lowest BCUT2D eigenvalue weighted by atomic mass is 10.7. The first kappa shape index (κ1) is 5.98. The lowest BCUT2D eigenvalue weighted by Gasteiger charge is -2.07. The molecular formula is C4H4ClNOS. The fourth-order valence-corrected chi connectivity index (χ4v) is 1.33. The van der Waals surface area contributed by atoms with Crippen molar-refractivity contribution in [3.8, 4) is 0 Å².